The molecule has 94 valence electrons. The molecule has 1 aliphatic rings. The van der Waals surface area contributed by atoms with Gasteiger partial charge in [-0.25, -0.2) is 0 Å². The highest BCUT2D eigenvalue weighted by Gasteiger charge is 2.24. The van der Waals surface area contributed by atoms with Crippen LogP contribution in [0.4, 0.5) is 0 Å². The molecule has 1 unspecified atom stereocenters. The first-order valence-electron chi connectivity index (χ1n) is 6.49. The van der Waals surface area contributed by atoms with E-state index in [1.165, 1.54) is 32.1 Å². The number of alkyl halides is 1. The quantitative estimate of drug-likeness (QED) is 0.727. The van der Waals surface area contributed by atoms with Gasteiger partial charge in [-0.3, -0.25) is 4.79 Å². The van der Waals surface area contributed by atoms with Crippen molar-refractivity contribution in [3.05, 3.63) is 0 Å². The second kappa shape index (κ2) is 7.31. The summed E-state index contributed by atoms with van der Waals surface area (Å²) in [4.78, 5) is 14.2. The van der Waals surface area contributed by atoms with Gasteiger partial charge >= 0.3 is 0 Å². The first-order valence-corrected chi connectivity index (χ1v) is 7.61. The number of carbonyl (C=O) groups excluding carboxylic acids is 1. The molecule has 1 fully saturated rings. The lowest BCUT2D eigenvalue weighted by atomic mass is 9.90. The summed E-state index contributed by atoms with van der Waals surface area (Å²) in [5.74, 6) is 0.639. The summed E-state index contributed by atoms with van der Waals surface area (Å²) >= 11 is 3.44. The molecule has 0 bridgehead atoms. The number of nitrogens with zero attached hydrogens (tertiary/aromatic N) is 1. The third-order valence-corrected chi connectivity index (χ3v) is 4.62. The maximum absolute atomic E-state index is 12.3. The van der Waals surface area contributed by atoms with E-state index in [0.717, 1.165) is 18.2 Å². The van der Waals surface area contributed by atoms with Crippen molar-refractivity contribution in [1.29, 1.82) is 0 Å². The molecular formula is C13H24BrNO. The Morgan fingerprint density at radius 3 is 2.25 bits per heavy atom. The Labute approximate surface area is 108 Å². The van der Waals surface area contributed by atoms with Crippen molar-refractivity contribution < 1.29 is 4.79 Å². The second-order valence-corrected chi connectivity index (χ2v) is 5.64. The van der Waals surface area contributed by atoms with E-state index in [1.54, 1.807) is 0 Å². The molecular weight excluding hydrogens is 266 g/mol. The molecule has 0 heterocycles. The Kier molecular flexibility index (Phi) is 6.40. The summed E-state index contributed by atoms with van der Waals surface area (Å²) in [6.45, 7) is 2.09. The van der Waals surface area contributed by atoms with Gasteiger partial charge in [0.05, 0.1) is 0 Å². The van der Waals surface area contributed by atoms with Crippen LogP contribution in [0.15, 0.2) is 0 Å². The smallest absolute Gasteiger partial charge is 0.225 e. The molecule has 0 radical (unpaired) electrons. The van der Waals surface area contributed by atoms with Crippen molar-refractivity contribution in [2.45, 2.75) is 57.9 Å². The zero-order valence-corrected chi connectivity index (χ0v) is 12.1. The zero-order valence-electron chi connectivity index (χ0n) is 10.5. The van der Waals surface area contributed by atoms with E-state index in [-0.39, 0.29) is 5.92 Å². The van der Waals surface area contributed by atoms with Crippen molar-refractivity contribution in [2.24, 2.45) is 5.92 Å². The van der Waals surface area contributed by atoms with Gasteiger partial charge in [-0.15, -0.1) is 0 Å². The minimum absolute atomic E-state index is 0.284. The first kappa shape index (κ1) is 14.0. The SMILES string of the molecule is CC(CBr)N(C)C(=O)C1CCCCCCC1. The summed E-state index contributed by atoms with van der Waals surface area (Å²) in [6.07, 6.45) is 8.62. The fraction of sp³-hybridized carbons (Fsp3) is 0.923. The molecule has 0 saturated heterocycles. The maximum Gasteiger partial charge on any atom is 0.225 e. The van der Waals surface area contributed by atoms with Crippen molar-refractivity contribution in [2.75, 3.05) is 12.4 Å². The Hall–Kier alpha value is -0.0500. The highest BCUT2D eigenvalue weighted by atomic mass is 79.9. The van der Waals surface area contributed by atoms with Crippen LogP contribution in [-0.4, -0.2) is 29.2 Å². The molecule has 3 heteroatoms. The van der Waals surface area contributed by atoms with Crippen LogP contribution in [0.2, 0.25) is 0 Å². The van der Waals surface area contributed by atoms with Crippen LogP contribution < -0.4 is 0 Å². The van der Waals surface area contributed by atoms with Gasteiger partial charge in [-0.2, -0.15) is 0 Å². The lowest BCUT2D eigenvalue weighted by molar-refractivity contribution is -0.136. The number of hydrogen-bond acceptors (Lipinski definition) is 1. The van der Waals surface area contributed by atoms with E-state index < -0.39 is 0 Å². The van der Waals surface area contributed by atoms with E-state index in [1.807, 2.05) is 11.9 Å². The molecule has 2 nitrogen and oxygen atoms in total. The van der Waals surface area contributed by atoms with E-state index in [4.69, 9.17) is 0 Å². The summed E-state index contributed by atoms with van der Waals surface area (Å²) in [5, 5.41) is 0.863. The van der Waals surface area contributed by atoms with Crippen LogP contribution >= 0.6 is 15.9 Å². The average molecular weight is 290 g/mol. The monoisotopic (exact) mass is 289 g/mol. The summed E-state index contributed by atoms with van der Waals surface area (Å²) in [7, 11) is 1.94. The fourth-order valence-electron chi connectivity index (χ4n) is 2.31. The molecule has 0 aliphatic heterocycles. The van der Waals surface area contributed by atoms with Crippen LogP contribution in [-0.2, 0) is 4.79 Å². The number of carbonyl (C=O) groups is 1. The Morgan fingerprint density at radius 2 is 1.75 bits per heavy atom. The van der Waals surface area contributed by atoms with Gasteiger partial charge in [-0.1, -0.05) is 48.0 Å². The van der Waals surface area contributed by atoms with Gasteiger partial charge in [0, 0.05) is 24.3 Å². The molecule has 1 rings (SSSR count). The lowest BCUT2D eigenvalue weighted by Gasteiger charge is -2.29. The predicted octanol–water partition coefficient (Wildman–Crippen LogP) is 3.59. The predicted molar refractivity (Wildman–Crippen MR) is 71.8 cm³/mol. The van der Waals surface area contributed by atoms with E-state index in [2.05, 4.69) is 22.9 Å². The van der Waals surface area contributed by atoms with Crippen LogP contribution in [0, 0.1) is 5.92 Å². The molecule has 1 atom stereocenters. The summed E-state index contributed by atoms with van der Waals surface area (Å²) < 4.78 is 0. The van der Waals surface area contributed by atoms with Gasteiger partial charge in [0.2, 0.25) is 5.91 Å². The topological polar surface area (TPSA) is 20.3 Å². The summed E-state index contributed by atoms with van der Waals surface area (Å²) in [5.41, 5.74) is 0. The van der Waals surface area contributed by atoms with E-state index in [9.17, 15) is 4.79 Å². The average Bonchev–Trinajstić information content (AvgIpc) is 2.26. The lowest BCUT2D eigenvalue weighted by Crippen LogP contribution is -2.40. The van der Waals surface area contributed by atoms with Gasteiger partial charge in [0.15, 0.2) is 0 Å². The summed E-state index contributed by atoms with van der Waals surface area (Å²) in [6, 6.07) is 0.304. The molecule has 0 aromatic carbocycles. The van der Waals surface area contributed by atoms with Crippen molar-refractivity contribution in [3.63, 3.8) is 0 Å². The standard InChI is InChI=1S/C13H24BrNO/c1-11(10-14)15(2)13(16)12-8-6-4-3-5-7-9-12/h11-12H,3-10H2,1-2H3. The molecule has 0 N–H and O–H groups in total. The molecule has 1 aliphatic carbocycles. The largest absolute Gasteiger partial charge is 0.342 e. The van der Waals surface area contributed by atoms with Crippen LogP contribution in [0.5, 0.6) is 0 Å². The molecule has 0 aromatic heterocycles. The fourth-order valence-corrected chi connectivity index (χ4v) is 2.75. The number of halogens is 1. The highest BCUT2D eigenvalue weighted by molar-refractivity contribution is 9.09. The minimum atomic E-state index is 0.284. The zero-order chi connectivity index (χ0) is 12.0. The van der Waals surface area contributed by atoms with E-state index in [0.29, 0.717) is 11.9 Å². The Balaban J connectivity index is 2.49. The highest BCUT2D eigenvalue weighted by Crippen LogP contribution is 2.24. The van der Waals surface area contributed by atoms with Crippen molar-refractivity contribution >= 4 is 21.8 Å². The number of amides is 1. The van der Waals surface area contributed by atoms with Gasteiger partial charge < -0.3 is 4.90 Å². The molecule has 0 spiro atoms. The van der Waals surface area contributed by atoms with Crippen LogP contribution in [0.25, 0.3) is 0 Å². The second-order valence-electron chi connectivity index (χ2n) is 4.99. The third-order valence-electron chi connectivity index (χ3n) is 3.69. The van der Waals surface area contributed by atoms with Crippen molar-refractivity contribution in [3.8, 4) is 0 Å². The van der Waals surface area contributed by atoms with E-state index >= 15 is 0 Å². The molecule has 1 saturated carbocycles. The molecule has 16 heavy (non-hydrogen) atoms. The first-order chi connectivity index (χ1) is 7.66. The number of hydrogen-bond donors (Lipinski definition) is 0. The number of rotatable bonds is 3. The van der Waals surface area contributed by atoms with Crippen LogP contribution in [0.1, 0.15) is 51.9 Å². The normalized spacial score (nSPS) is 20.9. The molecule has 1 amide bonds. The third kappa shape index (κ3) is 4.08. The van der Waals surface area contributed by atoms with Crippen LogP contribution in [0.3, 0.4) is 0 Å². The maximum atomic E-state index is 12.3. The van der Waals surface area contributed by atoms with Crippen molar-refractivity contribution in [1.82, 2.24) is 4.90 Å². The van der Waals surface area contributed by atoms with Gasteiger partial charge in [0.25, 0.3) is 0 Å². The Bertz CT molecular complexity index is 212. The van der Waals surface area contributed by atoms with Gasteiger partial charge in [-0.05, 0) is 19.8 Å². The minimum Gasteiger partial charge on any atom is -0.342 e. The van der Waals surface area contributed by atoms with Gasteiger partial charge in [0.1, 0.15) is 0 Å². The Morgan fingerprint density at radius 1 is 1.25 bits per heavy atom. The molecule has 0 aromatic rings.